The summed E-state index contributed by atoms with van der Waals surface area (Å²) in [4.78, 5) is 22.4. The third-order valence-electron chi connectivity index (χ3n) is 1.91. The second kappa shape index (κ2) is 6.31. The molecule has 0 spiro atoms. The first kappa shape index (κ1) is 13.6. The minimum Gasteiger partial charge on any atom is -0.478 e. The summed E-state index contributed by atoms with van der Waals surface area (Å²) < 4.78 is 8.94. The number of aromatic carboxylic acids is 1. The van der Waals surface area contributed by atoms with Gasteiger partial charge >= 0.3 is 5.97 Å². The number of aryl methyl sites for hydroxylation is 1. The van der Waals surface area contributed by atoms with E-state index in [9.17, 15) is 9.59 Å². The molecule has 0 radical (unpaired) electrons. The fraction of sp³-hybridized carbons (Fsp3) is 0.500. The Hall–Kier alpha value is -1.47. The number of amides is 1. The highest BCUT2D eigenvalue weighted by molar-refractivity contribution is 7.11. The number of rotatable bonds is 6. The Kier molecular flexibility index (Phi) is 5.05. The molecule has 1 aromatic rings. The molecule has 0 saturated carbocycles. The number of nitrogens with zero attached hydrogens (tertiary/aromatic N) is 1. The number of nitrogens with one attached hydrogen (secondary N) is 1. The number of carboxylic acids is 1. The van der Waals surface area contributed by atoms with Gasteiger partial charge in [-0.05, 0) is 24.9 Å². The van der Waals surface area contributed by atoms with Crippen molar-refractivity contribution in [3.05, 3.63) is 11.3 Å². The van der Waals surface area contributed by atoms with Crippen LogP contribution in [0.25, 0.3) is 0 Å². The van der Waals surface area contributed by atoms with Crippen LogP contribution in [0.2, 0.25) is 0 Å². The summed E-state index contributed by atoms with van der Waals surface area (Å²) in [5.74, 6) is -1.47. The second-order valence-corrected chi connectivity index (χ2v) is 4.15. The fourth-order valence-corrected chi connectivity index (χ4v) is 1.98. The van der Waals surface area contributed by atoms with E-state index < -0.39 is 5.97 Å². The zero-order valence-electron chi connectivity index (χ0n) is 9.65. The van der Waals surface area contributed by atoms with Gasteiger partial charge in [-0.1, -0.05) is 6.92 Å². The van der Waals surface area contributed by atoms with Crippen molar-refractivity contribution < 1.29 is 19.4 Å². The number of anilines is 1. The Labute approximate surface area is 103 Å². The summed E-state index contributed by atoms with van der Waals surface area (Å²) in [5.41, 5.74) is 0.436. The molecule has 1 aromatic heterocycles. The fourth-order valence-electron chi connectivity index (χ4n) is 1.18. The van der Waals surface area contributed by atoms with E-state index >= 15 is 0 Å². The molecule has 1 heterocycles. The standard InChI is InChI=1S/C10H14N2O4S/c1-3-4-16-5-7(13)11-9-8(10(14)15)6(2)12-17-9/h3-5H2,1-2H3,(H,11,13)(H,14,15). The lowest BCUT2D eigenvalue weighted by atomic mass is 10.2. The molecule has 0 aliphatic heterocycles. The van der Waals surface area contributed by atoms with Crippen LogP contribution in [0.1, 0.15) is 29.4 Å². The van der Waals surface area contributed by atoms with Gasteiger partial charge < -0.3 is 15.2 Å². The van der Waals surface area contributed by atoms with Gasteiger partial charge in [-0.3, -0.25) is 4.79 Å². The maximum atomic E-state index is 11.4. The normalized spacial score (nSPS) is 10.2. The van der Waals surface area contributed by atoms with Gasteiger partial charge in [0.2, 0.25) is 0 Å². The molecule has 0 unspecified atom stereocenters. The third kappa shape index (κ3) is 3.79. The summed E-state index contributed by atoms with van der Waals surface area (Å²) in [5, 5.41) is 11.7. The molecule has 0 fully saturated rings. The summed E-state index contributed by atoms with van der Waals surface area (Å²) in [6.45, 7) is 3.95. The molecule has 0 aromatic carbocycles. The van der Waals surface area contributed by atoms with Crippen molar-refractivity contribution in [1.82, 2.24) is 4.37 Å². The molecule has 94 valence electrons. The van der Waals surface area contributed by atoms with Gasteiger partial charge in [0, 0.05) is 6.61 Å². The van der Waals surface area contributed by atoms with E-state index in [4.69, 9.17) is 9.84 Å². The van der Waals surface area contributed by atoms with E-state index in [-0.39, 0.29) is 23.1 Å². The van der Waals surface area contributed by atoms with Gasteiger partial charge in [-0.25, -0.2) is 4.79 Å². The summed E-state index contributed by atoms with van der Waals surface area (Å²) in [6, 6.07) is 0. The molecule has 2 N–H and O–H groups in total. The minimum atomic E-state index is -1.10. The van der Waals surface area contributed by atoms with Crippen molar-refractivity contribution >= 4 is 28.4 Å². The van der Waals surface area contributed by atoms with Gasteiger partial charge in [-0.2, -0.15) is 4.37 Å². The average molecular weight is 258 g/mol. The monoisotopic (exact) mass is 258 g/mol. The van der Waals surface area contributed by atoms with Gasteiger partial charge in [0.1, 0.15) is 17.2 Å². The maximum absolute atomic E-state index is 11.4. The number of aromatic nitrogens is 1. The molecule has 0 aliphatic rings. The number of hydrogen-bond acceptors (Lipinski definition) is 5. The quantitative estimate of drug-likeness (QED) is 0.755. The van der Waals surface area contributed by atoms with Crippen LogP contribution < -0.4 is 5.32 Å². The zero-order chi connectivity index (χ0) is 12.8. The molecular weight excluding hydrogens is 244 g/mol. The first-order chi connectivity index (χ1) is 8.06. The first-order valence-corrected chi connectivity index (χ1v) is 5.90. The predicted molar refractivity (Wildman–Crippen MR) is 63.6 cm³/mol. The van der Waals surface area contributed by atoms with Crippen molar-refractivity contribution in [3.63, 3.8) is 0 Å². The molecule has 6 nitrogen and oxygen atoms in total. The first-order valence-electron chi connectivity index (χ1n) is 5.13. The van der Waals surface area contributed by atoms with Crippen LogP contribution in [-0.2, 0) is 9.53 Å². The Balaban J connectivity index is 2.62. The molecular formula is C10H14N2O4S. The van der Waals surface area contributed by atoms with Gasteiger partial charge in [0.15, 0.2) is 0 Å². The summed E-state index contributed by atoms with van der Waals surface area (Å²) >= 11 is 0.954. The topological polar surface area (TPSA) is 88.5 Å². The van der Waals surface area contributed by atoms with Crippen molar-refractivity contribution in [2.24, 2.45) is 0 Å². The van der Waals surface area contributed by atoms with Gasteiger partial charge in [0.05, 0.1) is 5.69 Å². The van der Waals surface area contributed by atoms with Crippen LogP contribution in [0.4, 0.5) is 5.00 Å². The highest BCUT2D eigenvalue weighted by Gasteiger charge is 2.18. The Morgan fingerprint density at radius 2 is 2.24 bits per heavy atom. The molecule has 7 heteroatoms. The molecule has 1 rings (SSSR count). The second-order valence-electron chi connectivity index (χ2n) is 3.38. The van der Waals surface area contributed by atoms with Crippen LogP contribution in [0.5, 0.6) is 0 Å². The molecule has 0 bridgehead atoms. The maximum Gasteiger partial charge on any atom is 0.340 e. The van der Waals surface area contributed by atoms with Crippen molar-refractivity contribution in [2.75, 3.05) is 18.5 Å². The minimum absolute atomic E-state index is 0.0406. The van der Waals surface area contributed by atoms with Crippen LogP contribution in [0, 0.1) is 6.92 Å². The van der Waals surface area contributed by atoms with Crippen molar-refractivity contribution in [3.8, 4) is 0 Å². The van der Waals surface area contributed by atoms with E-state index in [1.165, 1.54) is 0 Å². The molecule has 1 amide bonds. The number of carboxylic acid groups (broad SMARTS) is 1. The summed E-state index contributed by atoms with van der Waals surface area (Å²) in [6.07, 6.45) is 0.827. The van der Waals surface area contributed by atoms with Gasteiger partial charge in [-0.15, -0.1) is 0 Å². The number of carbonyl (C=O) groups is 2. The molecule has 0 aliphatic carbocycles. The predicted octanol–water partition coefficient (Wildman–Crippen LogP) is 1.51. The van der Waals surface area contributed by atoms with Crippen LogP contribution in [0.15, 0.2) is 0 Å². The van der Waals surface area contributed by atoms with E-state index in [2.05, 4.69) is 9.69 Å². The Morgan fingerprint density at radius 1 is 1.53 bits per heavy atom. The van der Waals surface area contributed by atoms with Crippen LogP contribution in [0.3, 0.4) is 0 Å². The van der Waals surface area contributed by atoms with E-state index in [0.717, 1.165) is 18.0 Å². The molecule has 0 saturated heterocycles. The largest absolute Gasteiger partial charge is 0.478 e. The number of ether oxygens (including phenoxy) is 1. The van der Waals surface area contributed by atoms with E-state index in [1.807, 2.05) is 6.92 Å². The summed E-state index contributed by atoms with van der Waals surface area (Å²) in [7, 11) is 0. The smallest absolute Gasteiger partial charge is 0.340 e. The average Bonchev–Trinajstić information content (AvgIpc) is 2.60. The zero-order valence-corrected chi connectivity index (χ0v) is 10.5. The number of hydrogen-bond donors (Lipinski definition) is 2. The SMILES string of the molecule is CCCOCC(=O)Nc1snc(C)c1C(=O)O. The highest BCUT2D eigenvalue weighted by atomic mass is 32.1. The number of carbonyl (C=O) groups excluding carboxylic acids is 1. The van der Waals surface area contributed by atoms with Crippen LogP contribution >= 0.6 is 11.5 Å². The van der Waals surface area contributed by atoms with Crippen molar-refractivity contribution in [1.29, 1.82) is 0 Å². The third-order valence-corrected chi connectivity index (χ3v) is 2.77. The van der Waals surface area contributed by atoms with Gasteiger partial charge in [0.25, 0.3) is 5.91 Å². The van der Waals surface area contributed by atoms with E-state index in [0.29, 0.717) is 12.3 Å². The van der Waals surface area contributed by atoms with Crippen LogP contribution in [-0.4, -0.2) is 34.6 Å². The lowest BCUT2D eigenvalue weighted by molar-refractivity contribution is -0.120. The molecule has 17 heavy (non-hydrogen) atoms. The molecule has 0 atom stereocenters. The lowest BCUT2D eigenvalue weighted by Crippen LogP contribution is -2.19. The Bertz CT molecular complexity index is 416. The van der Waals surface area contributed by atoms with E-state index in [1.54, 1.807) is 6.92 Å². The Morgan fingerprint density at radius 3 is 2.82 bits per heavy atom. The highest BCUT2D eigenvalue weighted by Crippen LogP contribution is 2.24. The lowest BCUT2D eigenvalue weighted by Gasteiger charge is -2.04. The van der Waals surface area contributed by atoms with Crippen molar-refractivity contribution in [2.45, 2.75) is 20.3 Å².